The lowest BCUT2D eigenvalue weighted by atomic mass is 10.1. The topological polar surface area (TPSA) is 66.8 Å². The number of likely N-dealkylation sites (tertiary alicyclic amines) is 1. The van der Waals surface area contributed by atoms with Crippen molar-refractivity contribution in [2.75, 3.05) is 19.6 Å². The number of hydrogen-bond acceptors (Lipinski definition) is 4. The van der Waals surface area contributed by atoms with Crippen LogP contribution in [0.3, 0.4) is 0 Å². The molecule has 5 heteroatoms. The Hall–Kier alpha value is -1.10. The van der Waals surface area contributed by atoms with Crippen molar-refractivity contribution in [2.45, 2.75) is 32.8 Å². The Balaban J connectivity index is 2.34. The Morgan fingerprint density at radius 3 is 2.50 bits per heavy atom. The largest absolute Gasteiger partial charge is 0.481 e. The fraction of sp³-hybridized carbons (Fsp3) is 0.818. The summed E-state index contributed by atoms with van der Waals surface area (Å²) < 4.78 is 5.17. The van der Waals surface area contributed by atoms with Gasteiger partial charge in [0, 0.05) is 6.54 Å². The summed E-state index contributed by atoms with van der Waals surface area (Å²) in [5, 5.41) is 8.81. The number of ether oxygens (including phenoxy) is 1. The SMILES string of the molecule is CC(C)(C)OC(=O)CN1CC[C@@H](C(=O)O)C1. The molecule has 1 N–H and O–H groups in total. The van der Waals surface area contributed by atoms with Gasteiger partial charge in [-0.3, -0.25) is 14.5 Å². The van der Waals surface area contributed by atoms with Gasteiger partial charge < -0.3 is 9.84 Å². The van der Waals surface area contributed by atoms with Gasteiger partial charge in [0.05, 0.1) is 12.5 Å². The van der Waals surface area contributed by atoms with E-state index in [4.69, 9.17) is 9.84 Å². The van der Waals surface area contributed by atoms with Crippen LogP contribution >= 0.6 is 0 Å². The molecule has 16 heavy (non-hydrogen) atoms. The highest BCUT2D eigenvalue weighted by molar-refractivity contribution is 5.73. The Labute approximate surface area is 95.4 Å². The second-order valence-electron chi connectivity index (χ2n) is 5.15. The van der Waals surface area contributed by atoms with Crippen molar-refractivity contribution in [1.29, 1.82) is 0 Å². The van der Waals surface area contributed by atoms with Crippen LogP contribution in [0.4, 0.5) is 0 Å². The van der Waals surface area contributed by atoms with Crippen LogP contribution in [0, 0.1) is 5.92 Å². The first-order valence-corrected chi connectivity index (χ1v) is 5.45. The molecule has 0 radical (unpaired) electrons. The first-order chi connectivity index (χ1) is 7.28. The normalized spacial score (nSPS) is 22.1. The zero-order valence-electron chi connectivity index (χ0n) is 10.0. The average molecular weight is 229 g/mol. The van der Waals surface area contributed by atoms with E-state index in [1.54, 1.807) is 0 Å². The molecule has 1 atom stereocenters. The molecule has 5 nitrogen and oxygen atoms in total. The second-order valence-corrected chi connectivity index (χ2v) is 5.15. The number of aliphatic carboxylic acids is 1. The van der Waals surface area contributed by atoms with E-state index in [9.17, 15) is 9.59 Å². The van der Waals surface area contributed by atoms with Gasteiger partial charge in [0.1, 0.15) is 5.60 Å². The van der Waals surface area contributed by atoms with Gasteiger partial charge in [-0.2, -0.15) is 0 Å². The lowest BCUT2D eigenvalue weighted by Gasteiger charge is -2.22. The second kappa shape index (κ2) is 4.82. The van der Waals surface area contributed by atoms with E-state index < -0.39 is 11.6 Å². The fourth-order valence-electron chi connectivity index (χ4n) is 1.73. The van der Waals surface area contributed by atoms with Gasteiger partial charge >= 0.3 is 11.9 Å². The van der Waals surface area contributed by atoms with Gasteiger partial charge in [-0.05, 0) is 33.7 Å². The third kappa shape index (κ3) is 4.18. The predicted octanol–water partition coefficient (Wildman–Crippen LogP) is 0.735. The minimum Gasteiger partial charge on any atom is -0.481 e. The maximum Gasteiger partial charge on any atom is 0.320 e. The van der Waals surface area contributed by atoms with E-state index in [1.807, 2.05) is 25.7 Å². The summed E-state index contributed by atoms with van der Waals surface area (Å²) in [5.41, 5.74) is -0.483. The first-order valence-electron chi connectivity index (χ1n) is 5.45. The molecule has 0 unspecified atom stereocenters. The van der Waals surface area contributed by atoms with Crippen LogP contribution in [-0.4, -0.2) is 47.2 Å². The molecule has 92 valence electrons. The molecule has 0 aromatic heterocycles. The van der Waals surface area contributed by atoms with Crippen LogP contribution < -0.4 is 0 Å². The Morgan fingerprint density at radius 1 is 1.44 bits per heavy atom. The van der Waals surface area contributed by atoms with Gasteiger partial charge in [0.25, 0.3) is 0 Å². The Kier molecular flexibility index (Phi) is 3.91. The van der Waals surface area contributed by atoms with E-state index in [1.165, 1.54) is 0 Å². The van der Waals surface area contributed by atoms with Crippen LogP contribution in [0.2, 0.25) is 0 Å². The summed E-state index contributed by atoms with van der Waals surface area (Å²) in [5.74, 6) is -1.42. The van der Waals surface area contributed by atoms with Crippen molar-refractivity contribution in [1.82, 2.24) is 4.90 Å². The Bertz CT molecular complexity index is 282. The molecule has 0 spiro atoms. The molecule has 1 heterocycles. The highest BCUT2D eigenvalue weighted by atomic mass is 16.6. The average Bonchev–Trinajstić information content (AvgIpc) is 2.48. The minimum atomic E-state index is -0.785. The summed E-state index contributed by atoms with van der Waals surface area (Å²) in [7, 11) is 0. The molecular weight excluding hydrogens is 210 g/mol. The molecule has 0 aliphatic carbocycles. The standard InChI is InChI=1S/C11H19NO4/c1-11(2,3)16-9(13)7-12-5-4-8(6-12)10(14)15/h8H,4-7H2,1-3H3,(H,14,15)/t8-/m1/s1. The number of esters is 1. The molecule has 0 aromatic carbocycles. The van der Waals surface area contributed by atoms with Crippen molar-refractivity contribution in [3.05, 3.63) is 0 Å². The maximum absolute atomic E-state index is 11.5. The van der Waals surface area contributed by atoms with Gasteiger partial charge in [-0.15, -0.1) is 0 Å². The number of carbonyl (C=O) groups is 2. The van der Waals surface area contributed by atoms with E-state index in [-0.39, 0.29) is 18.4 Å². The summed E-state index contributed by atoms with van der Waals surface area (Å²) in [4.78, 5) is 24.0. The van der Waals surface area contributed by atoms with Gasteiger partial charge in [-0.25, -0.2) is 0 Å². The molecule has 0 saturated carbocycles. The number of rotatable bonds is 3. The quantitative estimate of drug-likeness (QED) is 0.723. The first kappa shape index (κ1) is 13.0. The molecule has 1 fully saturated rings. The minimum absolute atomic E-state index is 0.182. The molecule has 1 aliphatic rings. The van der Waals surface area contributed by atoms with E-state index in [2.05, 4.69) is 0 Å². The molecule has 0 bridgehead atoms. The lowest BCUT2D eigenvalue weighted by Crippen LogP contribution is -2.34. The van der Waals surface area contributed by atoms with Crippen LogP contribution in [0.25, 0.3) is 0 Å². The zero-order chi connectivity index (χ0) is 12.3. The molecule has 0 amide bonds. The highest BCUT2D eigenvalue weighted by Crippen LogP contribution is 2.16. The molecular formula is C11H19NO4. The number of carboxylic acids is 1. The van der Waals surface area contributed by atoms with Gasteiger partial charge in [0.2, 0.25) is 0 Å². The van der Waals surface area contributed by atoms with Crippen LogP contribution in [0.1, 0.15) is 27.2 Å². The summed E-state index contributed by atoms with van der Waals surface area (Å²) in [6.45, 7) is 6.71. The van der Waals surface area contributed by atoms with Crippen molar-refractivity contribution < 1.29 is 19.4 Å². The summed E-state index contributed by atoms with van der Waals surface area (Å²) in [6, 6.07) is 0. The van der Waals surface area contributed by atoms with E-state index in [0.717, 1.165) is 0 Å². The van der Waals surface area contributed by atoms with Gasteiger partial charge in [0.15, 0.2) is 0 Å². The number of carbonyl (C=O) groups excluding carboxylic acids is 1. The smallest absolute Gasteiger partial charge is 0.320 e. The van der Waals surface area contributed by atoms with Crippen LogP contribution in [-0.2, 0) is 14.3 Å². The molecule has 1 saturated heterocycles. The summed E-state index contributed by atoms with van der Waals surface area (Å²) >= 11 is 0. The lowest BCUT2D eigenvalue weighted by molar-refractivity contribution is -0.156. The fourth-order valence-corrected chi connectivity index (χ4v) is 1.73. The molecule has 1 aliphatic heterocycles. The maximum atomic E-state index is 11.5. The molecule has 0 aromatic rings. The zero-order valence-corrected chi connectivity index (χ0v) is 10.0. The highest BCUT2D eigenvalue weighted by Gasteiger charge is 2.29. The van der Waals surface area contributed by atoms with Crippen LogP contribution in [0.5, 0.6) is 0 Å². The predicted molar refractivity (Wildman–Crippen MR) is 58.0 cm³/mol. The van der Waals surface area contributed by atoms with E-state index in [0.29, 0.717) is 19.5 Å². The van der Waals surface area contributed by atoms with Crippen molar-refractivity contribution in [3.8, 4) is 0 Å². The monoisotopic (exact) mass is 229 g/mol. The summed E-state index contributed by atoms with van der Waals surface area (Å²) in [6.07, 6.45) is 0.609. The number of hydrogen-bond donors (Lipinski definition) is 1. The third-order valence-corrected chi connectivity index (χ3v) is 2.39. The number of carboxylic acid groups (broad SMARTS) is 1. The van der Waals surface area contributed by atoms with Crippen molar-refractivity contribution in [2.24, 2.45) is 5.92 Å². The van der Waals surface area contributed by atoms with Gasteiger partial charge in [-0.1, -0.05) is 0 Å². The third-order valence-electron chi connectivity index (χ3n) is 2.39. The Morgan fingerprint density at radius 2 is 2.06 bits per heavy atom. The van der Waals surface area contributed by atoms with Crippen LogP contribution in [0.15, 0.2) is 0 Å². The van der Waals surface area contributed by atoms with Crippen molar-refractivity contribution >= 4 is 11.9 Å². The van der Waals surface area contributed by atoms with E-state index >= 15 is 0 Å². The number of nitrogens with zero attached hydrogens (tertiary/aromatic N) is 1. The molecule has 1 rings (SSSR count). The van der Waals surface area contributed by atoms with Crippen molar-refractivity contribution in [3.63, 3.8) is 0 Å².